The van der Waals surface area contributed by atoms with Crippen LogP contribution in [0.15, 0.2) is 30.3 Å². The van der Waals surface area contributed by atoms with Crippen molar-refractivity contribution in [2.24, 2.45) is 5.92 Å². The normalized spacial score (nSPS) is 18.2. The van der Waals surface area contributed by atoms with Gasteiger partial charge in [-0.05, 0) is 55.0 Å². The summed E-state index contributed by atoms with van der Waals surface area (Å²) < 4.78 is 69.4. The highest BCUT2D eigenvalue weighted by Gasteiger charge is 2.37. The van der Waals surface area contributed by atoms with E-state index in [0.29, 0.717) is 41.8 Å². The first-order valence-electron chi connectivity index (χ1n) is 11.1. The van der Waals surface area contributed by atoms with Gasteiger partial charge in [-0.1, -0.05) is 24.6 Å². The smallest absolute Gasteiger partial charge is 0.299 e. The van der Waals surface area contributed by atoms with Crippen molar-refractivity contribution < 1.29 is 26.4 Å². The molecule has 1 aromatic heterocycles. The molecule has 3 aliphatic carbocycles. The monoisotopic (exact) mass is 476 g/mol. The Bertz CT molecular complexity index is 1260. The Balaban J connectivity index is 1.56. The van der Waals surface area contributed by atoms with Crippen molar-refractivity contribution in [3.8, 4) is 11.1 Å². The average molecular weight is 477 g/mol. The number of allylic oxidation sites excluding steroid dienone is 1. The van der Waals surface area contributed by atoms with Crippen LogP contribution in [-0.2, 0) is 33.8 Å². The zero-order chi connectivity index (χ0) is 23.4. The van der Waals surface area contributed by atoms with E-state index < -0.39 is 27.0 Å². The van der Waals surface area contributed by atoms with E-state index in [9.17, 15) is 26.4 Å². The Hall–Kier alpha value is -2.68. The maximum Gasteiger partial charge on any atom is 0.417 e. The summed E-state index contributed by atoms with van der Waals surface area (Å²) >= 11 is 0. The predicted octanol–water partition coefficient (Wildman–Crippen LogP) is 5.15. The van der Waals surface area contributed by atoms with Gasteiger partial charge in [-0.3, -0.25) is 14.5 Å². The van der Waals surface area contributed by atoms with Crippen molar-refractivity contribution in [3.63, 3.8) is 0 Å². The third-order valence-electron chi connectivity index (χ3n) is 6.54. The molecule has 0 radical (unpaired) electrons. The fourth-order valence-electron chi connectivity index (χ4n) is 4.34. The molecule has 2 aromatic rings. The zero-order valence-corrected chi connectivity index (χ0v) is 18.6. The second kappa shape index (κ2) is 7.97. The lowest BCUT2D eigenvalue weighted by Crippen LogP contribution is -2.33. The molecule has 0 bridgehead atoms. The maximum absolute atomic E-state index is 14.1. The fraction of sp³-hybridized carbons (Fsp3) is 0.417. The molecule has 0 saturated heterocycles. The predicted molar refractivity (Wildman–Crippen MR) is 119 cm³/mol. The number of aromatic nitrogens is 1. The van der Waals surface area contributed by atoms with E-state index in [1.54, 1.807) is 12.1 Å². The number of Topliss-reactive ketones (excluding diaryl/α,β-unsaturated/α-hetero) is 1. The third-order valence-corrected chi connectivity index (χ3v) is 8.41. The topological polar surface area (TPSA) is 76.1 Å². The quantitative estimate of drug-likeness (QED) is 0.600. The Kier molecular flexibility index (Phi) is 5.34. The van der Waals surface area contributed by atoms with Gasteiger partial charge in [0.05, 0.1) is 16.5 Å². The van der Waals surface area contributed by atoms with Gasteiger partial charge in [0.1, 0.15) is 5.78 Å². The van der Waals surface area contributed by atoms with Crippen LogP contribution in [0.3, 0.4) is 0 Å². The summed E-state index contributed by atoms with van der Waals surface area (Å²) in [6.07, 6.45) is 3.01. The Morgan fingerprint density at radius 3 is 2.48 bits per heavy atom. The molecule has 3 aliphatic rings. The second-order valence-corrected chi connectivity index (χ2v) is 11.0. The van der Waals surface area contributed by atoms with Crippen molar-refractivity contribution in [3.05, 3.63) is 52.9 Å². The second-order valence-electron chi connectivity index (χ2n) is 9.00. The average Bonchev–Trinajstić information content (AvgIpc) is 3.43. The van der Waals surface area contributed by atoms with E-state index in [1.165, 1.54) is 12.1 Å². The number of rotatable bonds is 7. The SMILES string of the molecule is O=C(Cc1cc(-c2ccc(NS(=O)(=O)C3CCC3)cc2C(F)(F)F)c2c(n1)CC=C2)C1CC1. The molecule has 0 atom stereocenters. The van der Waals surface area contributed by atoms with Crippen LogP contribution in [0, 0.1) is 5.92 Å². The summed E-state index contributed by atoms with van der Waals surface area (Å²) in [5.41, 5.74) is 0.979. The van der Waals surface area contributed by atoms with Gasteiger partial charge in [-0.2, -0.15) is 13.2 Å². The molecule has 1 heterocycles. The van der Waals surface area contributed by atoms with Crippen LogP contribution in [0.2, 0.25) is 0 Å². The summed E-state index contributed by atoms with van der Waals surface area (Å²) in [6.45, 7) is 0. The van der Waals surface area contributed by atoms with Gasteiger partial charge in [0.15, 0.2) is 0 Å². The number of carbonyl (C=O) groups excluding carboxylic acids is 1. The number of pyridine rings is 1. The standard InChI is InChI=1S/C24H23F3N2O3S/c25-24(26,27)21-12-15(29-33(31,32)17-3-1-4-17)9-10-18(21)20-11-16(13-23(30)14-7-8-14)28-22-6-2-5-19(20)22/h2,5,9-12,14,17,29H,1,3-4,6-8,13H2. The van der Waals surface area contributed by atoms with Crippen LogP contribution in [0.1, 0.15) is 54.6 Å². The Morgan fingerprint density at radius 2 is 1.85 bits per heavy atom. The summed E-state index contributed by atoms with van der Waals surface area (Å²) in [7, 11) is -3.72. The highest BCUT2D eigenvalue weighted by molar-refractivity contribution is 7.93. The van der Waals surface area contributed by atoms with Gasteiger partial charge in [-0.25, -0.2) is 8.42 Å². The molecule has 0 spiro atoms. The fourth-order valence-corrected chi connectivity index (χ4v) is 5.92. The van der Waals surface area contributed by atoms with Gasteiger partial charge in [0.2, 0.25) is 10.0 Å². The highest BCUT2D eigenvalue weighted by atomic mass is 32.2. The van der Waals surface area contributed by atoms with Crippen LogP contribution >= 0.6 is 0 Å². The lowest BCUT2D eigenvalue weighted by Gasteiger charge is -2.26. The first kappa shape index (κ1) is 22.1. The van der Waals surface area contributed by atoms with E-state index in [2.05, 4.69) is 9.71 Å². The molecule has 0 unspecified atom stereocenters. The number of nitrogens with zero attached hydrogens (tertiary/aromatic N) is 1. The van der Waals surface area contributed by atoms with Crippen molar-refractivity contribution in [1.82, 2.24) is 4.98 Å². The van der Waals surface area contributed by atoms with Crippen molar-refractivity contribution in [2.75, 3.05) is 4.72 Å². The van der Waals surface area contributed by atoms with E-state index in [4.69, 9.17) is 0 Å². The number of sulfonamides is 1. The van der Waals surface area contributed by atoms with E-state index >= 15 is 0 Å². The number of fused-ring (bicyclic) bond motifs is 1. The Labute approximate surface area is 190 Å². The van der Waals surface area contributed by atoms with Crippen molar-refractivity contribution >= 4 is 27.6 Å². The lowest BCUT2D eigenvalue weighted by molar-refractivity contribution is -0.137. The van der Waals surface area contributed by atoms with Crippen LogP contribution in [0.4, 0.5) is 18.9 Å². The van der Waals surface area contributed by atoms with Crippen LogP contribution < -0.4 is 4.72 Å². The van der Waals surface area contributed by atoms with Crippen LogP contribution in [0.5, 0.6) is 0 Å². The van der Waals surface area contributed by atoms with Gasteiger partial charge < -0.3 is 0 Å². The van der Waals surface area contributed by atoms with Gasteiger partial charge >= 0.3 is 6.18 Å². The molecular weight excluding hydrogens is 453 g/mol. The molecule has 1 N–H and O–H groups in total. The van der Waals surface area contributed by atoms with Crippen molar-refractivity contribution in [1.29, 1.82) is 0 Å². The van der Waals surface area contributed by atoms with Crippen LogP contribution in [0.25, 0.3) is 17.2 Å². The van der Waals surface area contributed by atoms with Crippen molar-refractivity contribution in [2.45, 2.75) is 56.4 Å². The van der Waals surface area contributed by atoms with Gasteiger partial charge in [-0.15, -0.1) is 0 Å². The molecule has 0 amide bonds. The molecule has 5 nitrogen and oxygen atoms in total. The van der Waals surface area contributed by atoms with E-state index in [0.717, 1.165) is 25.3 Å². The van der Waals surface area contributed by atoms with Gasteiger partial charge in [0, 0.05) is 35.7 Å². The number of anilines is 1. The summed E-state index contributed by atoms with van der Waals surface area (Å²) in [6, 6.07) is 5.08. The number of halogens is 3. The number of hydrogen-bond donors (Lipinski definition) is 1. The van der Waals surface area contributed by atoms with E-state index in [-0.39, 0.29) is 29.4 Å². The molecule has 9 heteroatoms. The molecule has 33 heavy (non-hydrogen) atoms. The number of nitrogens with one attached hydrogen (secondary N) is 1. The first-order chi connectivity index (χ1) is 15.6. The van der Waals surface area contributed by atoms with Crippen LogP contribution in [-0.4, -0.2) is 24.4 Å². The summed E-state index contributed by atoms with van der Waals surface area (Å²) in [4.78, 5) is 16.8. The zero-order valence-electron chi connectivity index (χ0n) is 17.8. The maximum atomic E-state index is 14.1. The summed E-state index contributed by atoms with van der Waals surface area (Å²) in [5, 5.41) is -0.563. The highest BCUT2D eigenvalue weighted by Crippen LogP contribution is 2.42. The number of benzene rings is 1. The Morgan fingerprint density at radius 1 is 1.09 bits per heavy atom. The molecule has 0 aliphatic heterocycles. The number of carbonyl (C=O) groups is 1. The number of hydrogen-bond acceptors (Lipinski definition) is 4. The molecule has 174 valence electrons. The molecule has 2 saturated carbocycles. The summed E-state index contributed by atoms with van der Waals surface area (Å²) in [5.74, 6) is 0.103. The molecule has 5 rings (SSSR count). The number of ketones is 1. The minimum Gasteiger partial charge on any atom is -0.299 e. The first-order valence-corrected chi connectivity index (χ1v) is 12.6. The van der Waals surface area contributed by atoms with E-state index in [1.807, 2.05) is 6.08 Å². The molecular formula is C24H23F3N2O3S. The molecule has 2 fully saturated rings. The largest absolute Gasteiger partial charge is 0.417 e. The molecule has 1 aromatic carbocycles. The number of alkyl halides is 3. The third kappa shape index (κ3) is 4.43. The van der Waals surface area contributed by atoms with Gasteiger partial charge in [0.25, 0.3) is 0 Å². The minimum absolute atomic E-state index is 0.0374. The lowest BCUT2D eigenvalue weighted by atomic mass is 9.93. The minimum atomic E-state index is -4.70.